The van der Waals surface area contributed by atoms with E-state index in [4.69, 9.17) is 10.8 Å². The van der Waals surface area contributed by atoms with Crippen molar-refractivity contribution in [3.63, 3.8) is 0 Å². The Morgan fingerprint density at radius 2 is 2.25 bits per heavy atom. The summed E-state index contributed by atoms with van der Waals surface area (Å²) in [5.41, 5.74) is 5.15. The minimum Gasteiger partial charge on any atom is -0.465 e. The van der Waals surface area contributed by atoms with E-state index in [9.17, 15) is 9.59 Å². The third-order valence-corrected chi connectivity index (χ3v) is 2.07. The number of likely N-dealkylation sites (tertiary alicyclic amines) is 1. The van der Waals surface area contributed by atoms with E-state index >= 15 is 0 Å². The van der Waals surface area contributed by atoms with Gasteiger partial charge in [-0.1, -0.05) is 0 Å². The first kappa shape index (κ1) is 8.99. The molecule has 3 N–H and O–H groups in total. The van der Waals surface area contributed by atoms with E-state index in [0.717, 1.165) is 11.3 Å². The number of carboxylic acid groups (broad SMARTS) is 1. The molecule has 1 amide bonds. The normalized spacial score (nSPS) is 22.8. The van der Waals surface area contributed by atoms with Crippen molar-refractivity contribution in [1.29, 1.82) is 0 Å². The van der Waals surface area contributed by atoms with Crippen LogP contribution < -0.4 is 5.73 Å². The quantitative estimate of drug-likeness (QED) is 0.596. The van der Waals surface area contributed by atoms with Crippen molar-refractivity contribution in [2.75, 3.05) is 13.1 Å². The molecule has 12 heavy (non-hydrogen) atoms. The molecule has 0 bridgehead atoms. The highest BCUT2D eigenvalue weighted by Gasteiger charge is 2.32. The summed E-state index contributed by atoms with van der Waals surface area (Å²) >= 11 is 0. The average molecular weight is 172 g/mol. The first-order valence-corrected chi connectivity index (χ1v) is 3.89. The third kappa shape index (κ3) is 1.55. The molecule has 0 radical (unpaired) electrons. The van der Waals surface area contributed by atoms with Crippen molar-refractivity contribution in [2.45, 2.75) is 18.9 Å². The second-order valence-electron chi connectivity index (χ2n) is 2.80. The Kier molecular flexibility index (Phi) is 2.65. The number of carbonyl (C=O) groups excluding carboxylic acids is 1. The molecule has 0 spiro atoms. The van der Waals surface area contributed by atoms with Crippen LogP contribution >= 0.6 is 0 Å². The number of amides is 1. The van der Waals surface area contributed by atoms with Gasteiger partial charge in [-0.05, 0) is 12.8 Å². The van der Waals surface area contributed by atoms with E-state index in [2.05, 4.69) is 0 Å². The minimum absolute atomic E-state index is 0.0750. The number of hydrogen-bond donors (Lipinski definition) is 2. The molecule has 5 heteroatoms. The predicted octanol–water partition coefficient (Wildman–Crippen LogP) is -0.343. The van der Waals surface area contributed by atoms with Gasteiger partial charge in [0, 0.05) is 6.54 Å². The molecule has 1 unspecified atom stereocenters. The Morgan fingerprint density at radius 1 is 1.58 bits per heavy atom. The van der Waals surface area contributed by atoms with Crippen LogP contribution in [0.1, 0.15) is 12.8 Å². The monoisotopic (exact) mass is 172 g/mol. The first-order chi connectivity index (χ1) is 5.66. The molecule has 5 nitrogen and oxygen atoms in total. The van der Waals surface area contributed by atoms with Crippen LogP contribution in [0.15, 0.2) is 0 Å². The molecule has 1 fully saturated rings. The number of Topliss-reactive ketones (excluding diaryl/α,β-unsaturated/α-hetero) is 1. The lowest BCUT2D eigenvalue weighted by atomic mass is 10.1. The van der Waals surface area contributed by atoms with Crippen LogP contribution in [-0.4, -0.2) is 41.0 Å². The van der Waals surface area contributed by atoms with Crippen molar-refractivity contribution in [3.8, 4) is 0 Å². The van der Waals surface area contributed by atoms with Gasteiger partial charge in [0.1, 0.15) is 0 Å². The lowest BCUT2D eigenvalue weighted by Crippen LogP contribution is -2.42. The van der Waals surface area contributed by atoms with Crippen molar-refractivity contribution in [1.82, 2.24) is 4.90 Å². The molecule has 0 aromatic heterocycles. The Labute approximate surface area is 70.1 Å². The SMILES string of the molecule is NCC(=O)C1CCCN1C(=O)O. The fraction of sp³-hybridized carbons (Fsp3) is 0.714. The van der Waals surface area contributed by atoms with Crippen LogP contribution in [0.25, 0.3) is 0 Å². The molecule has 0 saturated carbocycles. The smallest absolute Gasteiger partial charge is 0.407 e. The van der Waals surface area contributed by atoms with E-state index in [1.54, 1.807) is 0 Å². The fourth-order valence-corrected chi connectivity index (χ4v) is 1.47. The zero-order valence-electron chi connectivity index (χ0n) is 6.69. The van der Waals surface area contributed by atoms with Crippen LogP contribution in [0.5, 0.6) is 0 Å². The van der Waals surface area contributed by atoms with Crippen molar-refractivity contribution >= 4 is 11.9 Å². The number of hydrogen-bond acceptors (Lipinski definition) is 3. The second kappa shape index (κ2) is 3.53. The maximum atomic E-state index is 11.1. The Bertz CT molecular complexity index is 205. The summed E-state index contributed by atoms with van der Waals surface area (Å²) in [6.45, 7) is 0.375. The van der Waals surface area contributed by atoms with Gasteiger partial charge in [-0.2, -0.15) is 0 Å². The maximum Gasteiger partial charge on any atom is 0.407 e. The molecule has 1 rings (SSSR count). The highest BCUT2D eigenvalue weighted by Crippen LogP contribution is 2.17. The van der Waals surface area contributed by atoms with Crippen LogP contribution in [0.2, 0.25) is 0 Å². The van der Waals surface area contributed by atoms with Crippen LogP contribution in [-0.2, 0) is 4.79 Å². The molecular weight excluding hydrogens is 160 g/mol. The average Bonchev–Trinajstić information content (AvgIpc) is 2.50. The highest BCUT2D eigenvalue weighted by atomic mass is 16.4. The van der Waals surface area contributed by atoms with E-state index in [1.807, 2.05) is 0 Å². The number of nitrogens with zero attached hydrogens (tertiary/aromatic N) is 1. The molecule has 0 aromatic carbocycles. The molecule has 0 aromatic rings. The number of nitrogens with two attached hydrogens (primary N) is 1. The highest BCUT2D eigenvalue weighted by molar-refractivity contribution is 5.88. The second-order valence-corrected chi connectivity index (χ2v) is 2.80. The number of carbonyl (C=O) groups is 2. The molecule has 1 heterocycles. The Hall–Kier alpha value is -1.10. The lowest BCUT2D eigenvalue weighted by molar-refractivity contribution is -0.121. The minimum atomic E-state index is -1.03. The molecule has 68 valence electrons. The molecular formula is C7H12N2O3. The van der Waals surface area contributed by atoms with Gasteiger partial charge >= 0.3 is 6.09 Å². The lowest BCUT2D eigenvalue weighted by Gasteiger charge is -2.19. The molecule has 1 aliphatic heterocycles. The zero-order valence-corrected chi connectivity index (χ0v) is 6.69. The summed E-state index contributed by atoms with van der Waals surface area (Å²) in [6, 6.07) is -0.493. The van der Waals surface area contributed by atoms with Crippen molar-refractivity contribution in [3.05, 3.63) is 0 Å². The topological polar surface area (TPSA) is 83.6 Å². The predicted molar refractivity (Wildman–Crippen MR) is 41.8 cm³/mol. The number of ketones is 1. The summed E-state index contributed by atoms with van der Waals surface area (Å²) in [6.07, 6.45) is 0.338. The summed E-state index contributed by atoms with van der Waals surface area (Å²) in [4.78, 5) is 22.8. The van der Waals surface area contributed by atoms with Crippen LogP contribution in [0.3, 0.4) is 0 Å². The van der Waals surface area contributed by atoms with Gasteiger partial charge in [0.05, 0.1) is 12.6 Å². The number of rotatable bonds is 2. The van der Waals surface area contributed by atoms with Gasteiger partial charge in [-0.3, -0.25) is 9.69 Å². The van der Waals surface area contributed by atoms with Crippen molar-refractivity contribution in [2.24, 2.45) is 5.73 Å². The van der Waals surface area contributed by atoms with E-state index in [0.29, 0.717) is 13.0 Å². The largest absolute Gasteiger partial charge is 0.465 e. The zero-order chi connectivity index (χ0) is 9.14. The molecule has 1 atom stereocenters. The fourth-order valence-electron chi connectivity index (χ4n) is 1.47. The van der Waals surface area contributed by atoms with Gasteiger partial charge in [-0.25, -0.2) is 4.79 Å². The summed E-state index contributed by atoms with van der Waals surface area (Å²) in [7, 11) is 0. The standard InChI is InChI=1S/C7H12N2O3/c8-4-6(10)5-2-1-3-9(5)7(11)12/h5H,1-4,8H2,(H,11,12). The van der Waals surface area contributed by atoms with Gasteiger partial charge < -0.3 is 10.8 Å². The van der Waals surface area contributed by atoms with E-state index < -0.39 is 12.1 Å². The summed E-state index contributed by atoms with van der Waals surface area (Å²) in [5.74, 6) is -0.185. The first-order valence-electron chi connectivity index (χ1n) is 3.89. The Balaban J connectivity index is 2.63. The molecule has 1 aliphatic rings. The van der Waals surface area contributed by atoms with Gasteiger partial charge in [0.15, 0.2) is 5.78 Å². The third-order valence-electron chi connectivity index (χ3n) is 2.07. The summed E-state index contributed by atoms with van der Waals surface area (Å²) in [5, 5.41) is 8.66. The van der Waals surface area contributed by atoms with Gasteiger partial charge in [0.2, 0.25) is 0 Å². The van der Waals surface area contributed by atoms with Crippen LogP contribution in [0, 0.1) is 0 Å². The van der Waals surface area contributed by atoms with Crippen LogP contribution in [0.4, 0.5) is 4.79 Å². The van der Waals surface area contributed by atoms with E-state index in [1.165, 1.54) is 0 Å². The van der Waals surface area contributed by atoms with E-state index in [-0.39, 0.29) is 12.3 Å². The van der Waals surface area contributed by atoms with Gasteiger partial charge in [-0.15, -0.1) is 0 Å². The molecule has 1 saturated heterocycles. The van der Waals surface area contributed by atoms with Crippen molar-refractivity contribution < 1.29 is 14.7 Å². The maximum absolute atomic E-state index is 11.1. The molecule has 0 aliphatic carbocycles. The summed E-state index contributed by atoms with van der Waals surface area (Å²) < 4.78 is 0. The Morgan fingerprint density at radius 3 is 2.75 bits per heavy atom. The van der Waals surface area contributed by atoms with Gasteiger partial charge in [0.25, 0.3) is 0 Å².